The van der Waals surface area contributed by atoms with Gasteiger partial charge in [-0.1, -0.05) is 12.1 Å². The smallest absolute Gasteiger partial charge is 0.289 e. The Morgan fingerprint density at radius 3 is 2.19 bits per heavy atom. The maximum atomic E-state index is 13.1. The summed E-state index contributed by atoms with van der Waals surface area (Å²) in [6.45, 7) is 2.18. The number of piperazine rings is 1. The first-order valence-corrected chi connectivity index (χ1v) is 8.91. The van der Waals surface area contributed by atoms with Crippen LogP contribution in [0.2, 0.25) is 0 Å². The van der Waals surface area contributed by atoms with Crippen LogP contribution in [0.4, 0.5) is 0 Å². The highest BCUT2D eigenvalue weighted by atomic mass is 16.5. The molecule has 0 N–H and O–H groups in total. The second-order valence-electron chi connectivity index (χ2n) is 6.87. The number of furan rings is 1. The lowest BCUT2D eigenvalue weighted by Gasteiger charge is -2.36. The monoisotopic (exact) mass is 354 g/mol. The molecular formula is C20H22N2O4. The quantitative estimate of drug-likeness (QED) is 0.845. The molecule has 2 heterocycles. The van der Waals surface area contributed by atoms with E-state index < -0.39 is 0 Å². The molecule has 0 bridgehead atoms. The van der Waals surface area contributed by atoms with Crippen LogP contribution < -0.4 is 4.74 Å². The minimum Gasteiger partial charge on any atom is -0.497 e. The summed E-state index contributed by atoms with van der Waals surface area (Å²) in [5, 5.41) is 0. The van der Waals surface area contributed by atoms with Gasteiger partial charge in [-0.05, 0) is 42.7 Å². The van der Waals surface area contributed by atoms with Crippen molar-refractivity contribution in [1.29, 1.82) is 0 Å². The van der Waals surface area contributed by atoms with E-state index in [1.165, 1.54) is 6.26 Å². The summed E-state index contributed by atoms with van der Waals surface area (Å²) in [6.07, 6.45) is 3.26. The Labute approximate surface area is 152 Å². The molecule has 0 spiro atoms. The molecular weight excluding hydrogens is 332 g/mol. The van der Waals surface area contributed by atoms with Crippen LogP contribution in [0.5, 0.6) is 5.75 Å². The van der Waals surface area contributed by atoms with Gasteiger partial charge in [0.05, 0.1) is 18.8 Å². The fourth-order valence-electron chi connectivity index (χ4n) is 3.63. The van der Waals surface area contributed by atoms with Crippen LogP contribution in [0.15, 0.2) is 47.1 Å². The van der Waals surface area contributed by atoms with E-state index in [9.17, 15) is 9.59 Å². The number of hydrogen-bond acceptors (Lipinski definition) is 4. The van der Waals surface area contributed by atoms with E-state index in [1.807, 2.05) is 29.2 Å². The third-order valence-electron chi connectivity index (χ3n) is 5.39. The number of hydrogen-bond donors (Lipinski definition) is 0. The van der Waals surface area contributed by atoms with Crippen molar-refractivity contribution < 1.29 is 18.7 Å². The second kappa shape index (κ2) is 6.52. The van der Waals surface area contributed by atoms with Crippen molar-refractivity contribution in [3.8, 4) is 5.75 Å². The van der Waals surface area contributed by atoms with Gasteiger partial charge in [0.2, 0.25) is 5.91 Å². The van der Waals surface area contributed by atoms with Gasteiger partial charge in [0, 0.05) is 26.2 Å². The van der Waals surface area contributed by atoms with E-state index in [1.54, 1.807) is 24.1 Å². The van der Waals surface area contributed by atoms with Crippen molar-refractivity contribution in [3.63, 3.8) is 0 Å². The van der Waals surface area contributed by atoms with E-state index in [4.69, 9.17) is 9.15 Å². The molecule has 1 aliphatic heterocycles. The Morgan fingerprint density at radius 1 is 1.00 bits per heavy atom. The molecule has 1 aromatic heterocycles. The fourth-order valence-corrected chi connectivity index (χ4v) is 3.63. The average molecular weight is 354 g/mol. The molecule has 1 saturated heterocycles. The van der Waals surface area contributed by atoms with Gasteiger partial charge in [-0.25, -0.2) is 0 Å². The number of carbonyl (C=O) groups is 2. The van der Waals surface area contributed by atoms with Gasteiger partial charge in [-0.2, -0.15) is 0 Å². The number of benzene rings is 1. The van der Waals surface area contributed by atoms with E-state index >= 15 is 0 Å². The van der Waals surface area contributed by atoms with Crippen LogP contribution in [0.3, 0.4) is 0 Å². The lowest BCUT2D eigenvalue weighted by Crippen LogP contribution is -2.52. The maximum Gasteiger partial charge on any atom is 0.289 e. The third kappa shape index (κ3) is 2.85. The number of methoxy groups -OCH3 is 1. The SMILES string of the molecule is COc1ccc(C2(C(=O)N3CCN(C(=O)c4ccco4)CC3)CC2)cc1. The summed E-state index contributed by atoms with van der Waals surface area (Å²) >= 11 is 0. The zero-order chi connectivity index (χ0) is 18.1. The average Bonchev–Trinajstić information content (AvgIpc) is 3.33. The molecule has 0 unspecified atom stereocenters. The minimum absolute atomic E-state index is 0.113. The predicted molar refractivity (Wildman–Crippen MR) is 95.1 cm³/mol. The summed E-state index contributed by atoms with van der Waals surface area (Å²) in [4.78, 5) is 29.1. The van der Waals surface area contributed by atoms with E-state index in [0.29, 0.717) is 31.9 Å². The molecule has 26 heavy (non-hydrogen) atoms. The molecule has 4 rings (SSSR count). The van der Waals surface area contributed by atoms with Crippen LogP contribution in [-0.4, -0.2) is 54.9 Å². The molecule has 2 aliphatic rings. The maximum absolute atomic E-state index is 13.1. The Hall–Kier alpha value is -2.76. The van der Waals surface area contributed by atoms with Crippen LogP contribution in [0, 0.1) is 0 Å². The molecule has 6 heteroatoms. The zero-order valence-corrected chi connectivity index (χ0v) is 14.8. The Bertz CT molecular complexity index is 786. The summed E-state index contributed by atoms with van der Waals surface area (Å²) in [6, 6.07) is 11.2. The normalized spacial score (nSPS) is 18.5. The van der Waals surface area contributed by atoms with Gasteiger partial charge in [0.15, 0.2) is 5.76 Å². The van der Waals surface area contributed by atoms with Crippen molar-refractivity contribution in [2.24, 2.45) is 0 Å². The number of rotatable bonds is 4. The number of ether oxygens (including phenoxy) is 1. The van der Waals surface area contributed by atoms with Crippen LogP contribution in [-0.2, 0) is 10.2 Å². The summed E-state index contributed by atoms with van der Waals surface area (Å²) in [5.74, 6) is 1.20. The predicted octanol–water partition coefficient (Wildman–Crippen LogP) is 2.30. The van der Waals surface area contributed by atoms with Gasteiger partial charge in [-0.15, -0.1) is 0 Å². The van der Waals surface area contributed by atoms with Gasteiger partial charge >= 0.3 is 0 Å². The first kappa shape index (κ1) is 16.7. The highest BCUT2D eigenvalue weighted by molar-refractivity contribution is 5.93. The lowest BCUT2D eigenvalue weighted by atomic mass is 9.94. The molecule has 0 atom stereocenters. The van der Waals surface area contributed by atoms with Crippen LogP contribution in [0.25, 0.3) is 0 Å². The molecule has 1 saturated carbocycles. The summed E-state index contributed by atoms with van der Waals surface area (Å²) in [5.41, 5.74) is 0.664. The highest BCUT2D eigenvalue weighted by Crippen LogP contribution is 2.50. The van der Waals surface area contributed by atoms with Crippen molar-refractivity contribution in [1.82, 2.24) is 9.80 Å². The first-order chi connectivity index (χ1) is 12.6. The molecule has 2 aromatic rings. The molecule has 136 valence electrons. The van der Waals surface area contributed by atoms with Crippen LogP contribution >= 0.6 is 0 Å². The third-order valence-corrected chi connectivity index (χ3v) is 5.39. The lowest BCUT2D eigenvalue weighted by molar-refractivity contribution is -0.135. The number of amides is 2. The van der Waals surface area contributed by atoms with Crippen molar-refractivity contribution in [2.45, 2.75) is 18.3 Å². The van der Waals surface area contributed by atoms with E-state index in [2.05, 4.69) is 0 Å². The first-order valence-electron chi connectivity index (χ1n) is 8.91. The van der Waals surface area contributed by atoms with Crippen molar-refractivity contribution >= 4 is 11.8 Å². The molecule has 0 radical (unpaired) electrons. The Kier molecular flexibility index (Phi) is 4.18. The molecule has 2 fully saturated rings. The topological polar surface area (TPSA) is 63.0 Å². The van der Waals surface area contributed by atoms with Gasteiger partial charge < -0.3 is 19.0 Å². The van der Waals surface area contributed by atoms with Crippen molar-refractivity contribution in [2.75, 3.05) is 33.3 Å². The Balaban J connectivity index is 1.41. The summed E-state index contributed by atoms with van der Waals surface area (Å²) < 4.78 is 10.4. The molecule has 6 nitrogen and oxygen atoms in total. The number of nitrogens with zero attached hydrogens (tertiary/aromatic N) is 2. The fraction of sp³-hybridized carbons (Fsp3) is 0.400. The Morgan fingerprint density at radius 2 is 1.65 bits per heavy atom. The van der Waals surface area contributed by atoms with Gasteiger partial charge in [-0.3, -0.25) is 9.59 Å². The minimum atomic E-state index is -0.389. The number of carbonyl (C=O) groups excluding carboxylic acids is 2. The second-order valence-corrected chi connectivity index (χ2v) is 6.87. The molecule has 1 aromatic carbocycles. The standard InChI is InChI=1S/C20H22N2O4/c1-25-16-6-4-15(5-7-16)20(8-9-20)19(24)22-12-10-21(11-13-22)18(23)17-3-2-14-26-17/h2-7,14H,8-13H2,1H3. The van der Waals surface area contributed by atoms with Crippen LogP contribution in [0.1, 0.15) is 29.0 Å². The van der Waals surface area contributed by atoms with Crippen molar-refractivity contribution in [3.05, 3.63) is 54.0 Å². The van der Waals surface area contributed by atoms with Gasteiger partial charge in [0.25, 0.3) is 5.91 Å². The molecule has 2 amide bonds. The highest BCUT2D eigenvalue weighted by Gasteiger charge is 2.53. The van der Waals surface area contributed by atoms with E-state index in [-0.39, 0.29) is 17.2 Å². The van der Waals surface area contributed by atoms with E-state index in [0.717, 1.165) is 24.2 Å². The zero-order valence-electron chi connectivity index (χ0n) is 14.8. The van der Waals surface area contributed by atoms with Gasteiger partial charge in [0.1, 0.15) is 5.75 Å². The molecule has 1 aliphatic carbocycles. The summed E-state index contributed by atoms with van der Waals surface area (Å²) in [7, 11) is 1.64. The largest absolute Gasteiger partial charge is 0.497 e.